The molecule has 1 aromatic heterocycles. The number of hydrogen-bond donors (Lipinski definition) is 1. The summed E-state index contributed by atoms with van der Waals surface area (Å²) in [6, 6.07) is 12.2. The first-order valence-electron chi connectivity index (χ1n) is 8.02. The number of Topliss-reactive ketones (excluding diaryl/α,β-unsaturated/α-hetero) is 1. The van der Waals surface area contributed by atoms with Gasteiger partial charge in [-0.15, -0.1) is 11.3 Å². The van der Waals surface area contributed by atoms with Crippen molar-refractivity contribution in [2.24, 2.45) is 0 Å². The molecule has 4 nitrogen and oxygen atoms in total. The number of nitrogens with zero attached hydrogens (tertiary/aromatic N) is 1. The third kappa shape index (κ3) is 2.87. The first-order chi connectivity index (χ1) is 11.6. The van der Waals surface area contributed by atoms with E-state index in [2.05, 4.69) is 0 Å². The van der Waals surface area contributed by atoms with Gasteiger partial charge in [0, 0.05) is 17.0 Å². The van der Waals surface area contributed by atoms with E-state index in [1.165, 1.54) is 11.3 Å². The van der Waals surface area contributed by atoms with Crippen molar-refractivity contribution < 1.29 is 14.7 Å². The van der Waals surface area contributed by atoms with E-state index >= 15 is 0 Å². The zero-order chi connectivity index (χ0) is 17.1. The summed E-state index contributed by atoms with van der Waals surface area (Å²) in [5.41, 5.74) is 0.734. The molecule has 0 saturated carbocycles. The second kappa shape index (κ2) is 7.01. The van der Waals surface area contributed by atoms with Crippen LogP contribution in [0.1, 0.15) is 36.2 Å². The summed E-state index contributed by atoms with van der Waals surface area (Å²) in [4.78, 5) is 27.6. The van der Waals surface area contributed by atoms with E-state index in [9.17, 15) is 14.7 Å². The average molecular weight is 341 g/mol. The summed E-state index contributed by atoms with van der Waals surface area (Å²) in [7, 11) is 0. The van der Waals surface area contributed by atoms with Crippen LogP contribution in [0.4, 0.5) is 0 Å². The minimum atomic E-state index is -0.606. The topological polar surface area (TPSA) is 57.6 Å². The highest BCUT2D eigenvalue weighted by molar-refractivity contribution is 7.10. The third-order valence-corrected chi connectivity index (χ3v) is 5.08. The first-order valence-corrected chi connectivity index (χ1v) is 8.90. The Bertz CT molecular complexity index is 765. The van der Waals surface area contributed by atoms with Crippen LogP contribution >= 0.6 is 11.3 Å². The van der Waals surface area contributed by atoms with E-state index < -0.39 is 17.7 Å². The highest BCUT2D eigenvalue weighted by atomic mass is 32.1. The van der Waals surface area contributed by atoms with Crippen LogP contribution in [0.2, 0.25) is 0 Å². The molecule has 1 aliphatic rings. The predicted molar refractivity (Wildman–Crippen MR) is 94.7 cm³/mol. The first kappa shape index (κ1) is 16.5. The van der Waals surface area contributed by atoms with Gasteiger partial charge in [-0.2, -0.15) is 0 Å². The Morgan fingerprint density at radius 1 is 1.17 bits per heavy atom. The van der Waals surface area contributed by atoms with Crippen LogP contribution in [0.3, 0.4) is 0 Å². The molecule has 0 radical (unpaired) electrons. The van der Waals surface area contributed by atoms with E-state index in [0.29, 0.717) is 12.1 Å². The van der Waals surface area contributed by atoms with Gasteiger partial charge in [-0.1, -0.05) is 49.7 Å². The van der Waals surface area contributed by atoms with Crippen LogP contribution in [-0.4, -0.2) is 28.2 Å². The van der Waals surface area contributed by atoms with Gasteiger partial charge < -0.3 is 10.0 Å². The number of aliphatic hydroxyl groups excluding tert-OH is 1. The lowest BCUT2D eigenvalue weighted by atomic mass is 10.00. The third-order valence-electron chi connectivity index (χ3n) is 4.15. The minimum Gasteiger partial charge on any atom is -0.507 e. The molecule has 0 bridgehead atoms. The number of carbonyl (C=O) groups excluding carboxylic acids is 2. The molecule has 124 valence electrons. The lowest BCUT2D eigenvalue weighted by Crippen LogP contribution is -2.30. The molecule has 1 atom stereocenters. The maximum absolute atomic E-state index is 12.6. The van der Waals surface area contributed by atoms with Gasteiger partial charge in [0.1, 0.15) is 5.76 Å². The van der Waals surface area contributed by atoms with Gasteiger partial charge >= 0.3 is 0 Å². The Labute approximate surface area is 145 Å². The van der Waals surface area contributed by atoms with Crippen molar-refractivity contribution in [3.05, 3.63) is 63.9 Å². The van der Waals surface area contributed by atoms with Crippen LogP contribution in [-0.2, 0) is 9.59 Å². The number of benzene rings is 1. The Hall–Kier alpha value is -2.40. The van der Waals surface area contributed by atoms with E-state index in [1.807, 2.05) is 30.5 Å². The second-order valence-electron chi connectivity index (χ2n) is 5.73. The standard InChI is InChI=1S/C19H19NO3S/c1-2-3-11-20-16(14-10-7-12-24-14)15(18(22)19(20)23)17(21)13-8-5-4-6-9-13/h4-10,12,16,21H,2-3,11H2,1H3/b17-15-. The molecule has 1 fully saturated rings. The molecule has 1 aliphatic heterocycles. The smallest absolute Gasteiger partial charge is 0.295 e. The lowest BCUT2D eigenvalue weighted by Gasteiger charge is -2.23. The zero-order valence-electron chi connectivity index (χ0n) is 13.4. The number of thiophene rings is 1. The molecular weight excluding hydrogens is 322 g/mol. The zero-order valence-corrected chi connectivity index (χ0v) is 14.3. The number of unbranched alkanes of at least 4 members (excludes halogenated alkanes) is 1. The van der Waals surface area contributed by atoms with Gasteiger partial charge in [0.2, 0.25) is 0 Å². The van der Waals surface area contributed by atoms with Gasteiger partial charge in [0.25, 0.3) is 11.7 Å². The van der Waals surface area contributed by atoms with Gasteiger partial charge in [0.05, 0.1) is 11.6 Å². The molecule has 1 saturated heterocycles. The van der Waals surface area contributed by atoms with Gasteiger partial charge in [0.15, 0.2) is 0 Å². The molecular formula is C19H19NO3S. The molecule has 24 heavy (non-hydrogen) atoms. The van der Waals surface area contributed by atoms with E-state index in [1.54, 1.807) is 29.2 Å². The van der Waals surface area contributed by atoms with Crippen molar-refractivity contribution in [2.45, 2.75) is 25.8 Å². The summed E-state index contributed by atoms with van der Waals surface area (Å²) in [6.07, 6.45) is 1.75. The molecule has 1 unspecified atom stereocenters. The van der Waals surface area contributed by atoms with Crippen molar-refractivity contribution >= 4 is 28.8 Å². The van der Waals surface area contributed by atoms with Crippen molar-refractivity contribution in [2.75, 3.05) is 6.54 Å². The van der Waals surface area contributed by atoms with Crippen molar-refractivity contribution in [3.8, 4) is 0 Å². The maximum Gasteiger partial charge on any atom is 0.295 e. The summed E-state index contributed by atoms with van der Waals surface area (Å²) < 4.78 is 0. The summed E-state index contributed by atoms with van der Waals surface area (Å²) in [6.45, 7) is 2.55. The molecule has 1 N–H and O–H groups in total. The molecule has 2 heterocycles. The monoisotopic (exact) mass is 341 g/mol. The summed E-state index contributed by atoms with van der Waals surface area (Å²) in [5.74, 6) is -1.24. The van der Waals surface area contributed by atoms with Gasteiger partial charge in [-0.25, -0.2) is 0 Å². The molecule has 0 aliphatic carbocycles. The van der Waals surface area contributed by atoms with Crippen molar-refractivity contribution in [1.82, 2.24) is 4.90 Å². The number of likely N-dealkylation sites (tertiary alicyclic amines) is 1. The van der Waals surface area contributed by atoms with E-state index in [4.69, 9.17) is 0 Å². The summed E-state index contributed by atoms with van der Waals surface area (Å²) >= 11 is 1.49. The molecule has 5 heteroatoms. The molecule has 0 spiro atoms. The second-order valence-corrected chi connectivity index (χ2v) is 6.71. The molecule has 1 amide bonds. The van der Waals surface area contributed by atoms with Crippen LogP contribution in [0.5, 0.6) is 0 Å². The Balaban J connectivity index is 2.12. The van der Waals surface area contributed by atoms with Gasteiger partial charge in [-0.05, 0) is 17.9 Å². The number of ketones is 1. The fourth-order valence-electron chi connectivity index (χ4n) is 2.93. The van der Waals surface area contributed by atoms with Crippen LogP contribution in [0.15, 0.2) is 53.4 Å². The lowest BCUT2D eigenvalue weighted by molar-refractivity contribution is -0.139. The Kier molecular flexibility index (Phi) is 4.81. The molecule has 2 aromatic rings. The van der Waals surface area contributed by atoms with Crippen LogP contribution < -0.4 is 0 Å². The minimum absolute atomic E-state index is 0.105. The number of aliphatic hydroxyl groups is 1. The van der Waals surface area contributed by atoms with Crippen molar-refractivity contribution in [1.29, 1.82) is 0 Å². The average Bonchev–Trinajstić information content (AvgIpc) is 3.21. The Morgan fingerprint density at radius 3 is 2.54 bits per heavy atom. The molecule has 3 rings (SSSR count). The SMILES string of the molecule is CCCCN1C(=O)C(=O)/C(=C(\O)c2ccccc2)C1c1cccs1. The fraction of sp³-hybridized carbons (Fsp3) is 0.263. The summed E-state index contributed by atoms with van der Waals surface area (Å²) in [5, 5.41) is 12.6. The fourth-order valence-corrected chi connectivity index (χ4v) is 3.78. The maximum atomic E-state index is 12.6. The van der Waals surface area contributed by atoms with Gasteiger partial charge in [-0.3, -0.25) is 9.59 Å². The van der Waals surface area contributed by atoms with Crippen LogP contribution in [0.25, 0.3) is 5.76 Å². The largest absolute Gasteiger partial charge is 0.507 e. The highest BCUT2D eigenvalue weighted by Gasteiger charge is 2.46. The number of amides is 1. The highest BCUT2D eigenvalue weighted by Crippen LogP contribution is 2.41. The number of hydrogen-bond acceptors (Lipinski definition) is 4. The van der Waals surface area contributed by atoms with E-state index in [-0.39, 0.29) is 11.3 Å². The quantitative estimate of drug-likeness (QED) is 0.508. The normalized spacial score (nSPS) is 19.9. The van der Waals surface area contributed by atoms with Crippen LogP contribution in [0, 0.1) is 0 Å². The number of rotatable bonds is 5. The number of carbonyl (C=O) groups is 2. The predicted octanol–water partition coefficient (Wildman–Crippen LogP) is 3.97. The Morgan fingerprint density at radius 2 is 1.92 bits per heavy atom. The van der Waals surface area contributed by atoms with Crippen molar-refractivity contribution in [3.63, 3.8) is 0 Å². The molecule has 1 aromatic carbocycles. The van der Waals surface area contributed by atoms with E-state index in [0.717, 1.165) is 17.7 Å².